The molecule has 0 aromatic heterocycles. The number of unbranched alkanes of at least 4 members (excludes halogenated alkanes) is 1. The fourth-order valence-electron chi connectivity index (χ4n) is 1.94. The Bertz CT molecular complexity index is 428. The number of hydrogen-bond donors (Lipinski definition) is 1. The predicted octanol–water partition coefficient (Wildman–Crippen LogP) is -1.01. The molecule has 0 saturated carbocycles. The van der Waals surface area contributed by atoms with Gasteiger partial charge in [-0.15, -0.1) is 0 Å². The molecule has 1 saturated heterocycles. The number of nitrogens with one attached hydrogen (secondary N) is 1. The van der Waals surface area contributed by atoms with Gasteiger partial charge in [-0.25, -0.2) is 5.01 Å². The van der Waals surface area contributed by atoms with E-state index in [0.29, 0.717) is 12.1 Å². The van der Waals surface area contributed by atoms with Crippen LogP contribution in [0, 0.1) is 5.92 Å². The molecule has 5 heteroatoms. The molecule has 1 aromatic carbocycles. The molecule has 1 aliphatic rings. The van der Waals surface area contributed by atoms with E-state index in [-0.39, 0.29) is 42.8 Å². The first-order valence-electron chi connectivity index (χ1n) is 5.93. The van der Waals surface area contributed by atoms with Crippen LogP contribution in [0.4, 0.5) is 5.69 Å². The fraction of sp³-hybridized carbons (Fsp3) is 0.385. The van der Waals surface area contributed by atoms with Crippen molar-refractivity contribution in [3.63, 3.8) is 0 Å². The molecule has 0 aliphatic carbocycles. The molecule has 2 rings (SSSR count). The number of para-hydroxylation sites is 1. The maximum atomic E-state index is 12.1. The maximum absolute atomic E-state index is 12.1. The van der Waals surface area contributed by atoms with Crippen molar-refractivity contribution < 1.29 is 40.6 Å². The molecule has 4 nitrogen and oxygen atoms in total. The van der Waals surface area contributed by atoms with Crippen molar-refractivity contribution in [1.82, 2.24) is 5.43 Å². The van der Waals surface area contributed by atoms with Crippen LogP contribution in [0.15, 0.2) is 30.3 Å². The number of carbonyl (C=O) groups is 2. The molecule has 1 fully saturated rings. The van der Waals surface area contributed by atoms with Gasteiger partial charge in [0.1, 0.15) is 5.92 Å². The summed E-state index contributed by atoms with van der Waals surface area (Å²) in [6.07, 6.45) is 2.51. The van der Waals surface area contributed by atoms with E-state index in [9.17, 15) is 9.59 Å². The van der Waals surface area contributed by atoms with Gasteiger partial charge in [0.25, 0.3) is 11.8 Å². The quantitative estimate of drug-likeness (QED) is 0.554. The first-order valence-corrected chi connectivity index (χ1v) is 5.93. The van der Waals surface area contributed by atoms with Crippen LogP contribution < -0.4 is 40.0 Å². The smallest absolute Gasteiger partial charge is 1.00 e. The van der Waals surface area contributed by atoms with Crippen LogP contribution in [0.3, 0.4) is 0 Å². The average Bonchev–Trinajstić information content (AvgIpc) is 2.64. The number of hydrazine groups is 1. The van der Waals surface area contributed by atoms with Crippen molar-refractivity contribution in [2.24, 2.45) is 5.92 Å². The molecule has 18 heavy (non-hydrogen) atoms. The van der Waals surface area contributed by atoms with Crippen LogP contribution in [0.1, 0.15) is 27.6 Å². The van der Waals surface area contributed by atoms with E-state index >= 15 is 0 Å². The number of hydrogen-bond acceptors (Lipinski definition) is 2. The Labute approximate surface area is 130 Å². The summed E-state index contributed by atoms with van der Waals surface area (Å²) in [5.74, 6) is -0.850. The van der Waals surface area contributed by atoms with Gasteiger partial charge >= 0.3 is 29.6 Å². The van der Waals surface area contributed by atoms with Crippen molar-refractivity contribution >= 4 is 17.5 Å². The summed E-state index contributed by atoms with van der Waals surface area (Å²) in [5, 5.41) is 1.35. The first kappa shape index (κ1) is 15.2. The third-order valence-corrected chi connectivity index (χ3v) is 2.92. The molecule has 92 valence electrons. The molecule has 0 bridgehead atoms. The van der Waals surface area contributed by atoms with E-state index in [2.05, 4.69) is 5.43 Å². The Kier molecular flexibility index (Phi) is 5.85. The molecule has 0 spiro atoms. The van der Waals surface area contributed by atoms with Gasteiger partial charge < -0.3 is 1.43 Å². The van der Waals surface area contributed by atoms with Crippen LogP contribution in [0.25, 0.3) is 0 Å². The number of nitrogens with zero attached hydrogens (tertiary/aromatic N) is 1. The molecule has 1 aliphatic heterocycles. The Balaban J connectivity index is 0.00000162. The largest absolute Gasteiger partial charge is 1.00 e. The third kappa shape index (κ3) is 3.13. The third-order valence-electron chi connectivity index (χ3n) is 2.92. The summed E-state index contributed by atoms with van der Waals surface area (Å²) in [6.45, 7) is 2.05. The van der Waals surface area contributed by atoms with Crippen molar-refractivity contribution in [2.75, 3.05) is 5.01 Å². The van der Waals surface area contributed by atoms with Gasteiger partial charge in [0.15, 0.2) is 0 Å². The SMILES string of the molecule is CCCCC1C(=O)NN(c2ccccc2)C1=O.[H-].[Na+]. The van der Waals surface area contributed by atoms with E-state index in [4.69, 9.17) is 0 Å². The molecular formula is C13H17N2NaO2. The average molecular weight is 256 g/mol. The zero-order valence-corrected chi connectivity index (χ0v) is 12.8. The summed E-state index contributed by atoms with van der Waals surface area (Å²) in [6, 6.07) is 9.17. The molecule has 1 unspecified atom stereocenters. The Hall–Kier alpha value is -0.840. The zero-order valence-electron chi connectivity index (χ0n) is 11.8. The summed E-state index contributed by atoms with van der Waals surface area (Å²) < 4.78 is 0. The van der Waals surface area contributed by atoms with Gasteiger partial charge in [0.2, 0.25) is 0 Å². The van der Waals surface area contributed by atoms with Gasteiger partial charge in [-0.05, 0) is 18.6 Å². The zero-order chi connectivity index (χ0) is 12.3. The van der Waals surface area contributed by atoms with Crippen LogP contribution >= 0.6 is 0 Å². The van der Waals surface area contributed by atoms with Gasteiger partial charge in [-0.3, -0.25) is 15.0 Å². The van der Waals surface area contributed by atoms with Crippen molar-refractivity contribution in [3.8, 4) is 0 Å². The summed E-state index contributed by atoms with van der Waals surface area (Å²) in [5.41, 5.74) is 3.34. The topological polar surface area (TPSA) is 49.4 Å². The Morgan fingerprint density at radius 1 is 1.28 bits per heavy atom. The predicted molar refractivity (Wildman–Crippen MR) is 66.2 cm³/mol. The number of rotatable bonds is 4. The second-order valence-corrected chi connectivity index (χ2v) is 4.18. The van der Waals surface area contributed by atoms with Crippen LogP contribution in [0.5, 0.6) is 0 Å². The van der Waals surface area contributed by atoms with E-state index in [1.807, 2.05) is 25.1 Å². The molecule has 0 radical (unpaired) electrons. The van der Waals surface area contributed by atoms with E-state index in [1.165, 1.54) is 5.01 Å². The van der Waals surface area contributed by atoms with Gasteiger partial charge in [0.05, 0.1) is 5.69 Å². The minimum Gasteiger partial charge on any atom is -1.00 e. The van der Waals surface area contributed by atoms with Crippen LogP contribution in [-0.4, -0.2) is 11.8 Å². The number of benzene rings is 1. The van der Waals surface area contributed by atoms with Gasteiger partial charge in [-0.1, -0.05) is 38.0 Å². The molecule has 1 atom stereocenters. The number of carbonyl (C=O) groups excluding carboxylic acids is 2. The number of anilines is 1. The van der Waals surface area contributed by atoms with E-state index in [0.717, 1.165) is 12.8 Å². The minimum absolute atomic E-state index is 0. The van der Waals surface area contributed by atoms with Crippen LogP contribution in [0.2, 0.25) is 0 Å². The molecule has 1 N–H and O–H groups in total. The molecule has 1 heterocycles. The Morgan fingerprint density at radius 2 is 1.94 bits per heavy atom. The normalized spacial score (nSPS) is 18.5. The van der Waals surface area contributed by atoms with Gasteiger partial charge in [0, 0.05) is 0 Å². The Morgan fingerprint density at radius 3 is 2.56 bits per heavy atom. The summed E-state index contributed by atoms with van der Waals surface area (Å²) in [4.78, 5) is 23.8. The van der Waals surface area contributed by atoms with Crippen molar-refractivity contribution in [3.05, 3.63) is 30.3 Å². The molecule has 1 aromatic rings. The number of amides is 2. The molecule has 2 amide bonds. The van der Waals surface area contributed by atoms with Crippen LogP contribution in [-0.2, 0) is 9.59 Å². The maximum Gasteiger partial charge on any atom is 1.00 e. The standard InChI is InChI=1S/C13H16N2O2.Na.H/c1-2-3-9-11-12(16)14-15(13(11)17)10-7-5-4-6-8-10;;/h4-8,11H,2-3,9H2,1H3,(H,14,16);;/q;+1;-1. The van der Waals surface area contributed by atoms with Crippen molar-refractivity contribution in [2.45, 2.75) is 26.2 Å². The van der Waals surface area contributed by atoms with E-state index < -0.39 is 5.92 Å². The summed E-state index contributed by atoms with van der Waals surface area (Å²) >= 11 is 0. The molecular weight excluding hydrogens is 239 g/mol. The minimum atomic E-state index is -0.518. The second-order valence-electron chi connectivity index (χ2n) is 4.18. The van der Waals surface area contributed by atoms with Crippen molar-refractivity contribution in [1.29, 1.82) is 0 Å². The summed E-state index contributed by atoms with van der Waals surface area (Å²) in [7, 11) is 0. The van der Waals surface area contributed by atoms with E-state index in [1.54, 1.807) is 12.1 Å². The second kappa shape index (κ2) is 6.92. The first-order chi connectivity index (χ1) is 8.24. The fourth-order valence-corrected chi connectivity index (χ4v) is 1.94. The van der Waals surface area contributed by atoms with Gasteiger partial charge in [-0.2, -0.15) is 0 Å². The monoisotopic (exact) mass is 256 g/mol.